The lowest BCUT2D eigenvalue weighted by Gasteiger charge is -2.36. The average Bonchev–Trinajstić information content (AvgIpc) is 2.23. The lowest BCUT2D eigenvalue weighted by Crippen LogP contribution is -2.37. The minimum absolute atomic E-state index is 1.09. The van der Waals surface area contributed by atoms with Gasteiger partial charge in [-0.2, -0.15) is 0 Å². The maximum absolute atomic E-state index is 3.83. The molecular weight excluding hydrogens is 184 g/mol. The van der Waals surface area contributed by atoms with E-state index in [1.165, 1.54) is 22.5 Å². The summed E-state index contributed by atoms with van der Waals surface area (Å²) in [5.74, 6) is 0. The number of aryl methyl sites for hydroxylation is 1. The Labute approximate surface area is 91.8 Å². The van der Waals surface area contributed by atoms with Crippen LogP contribution in [0.2, 0.25) is 0 Å². The third-order valence-electron chi connectivity index (χ3n) is 3.10. The van der Waals surface area contributed by atoms with E-state index in [2.05, 4.69) is 49.5 Å². The molecule has 0 N–H and O–H groups in total. The molecule has 1 aromatic carbocycles. The Bertz CT molecular complexity index is 396. The summed E-state index contributed by atoms with van der Waals surface area (Å²) in [6.07, 6.45) is 1.91. The van der Waals surface area contributed by atoms with Crippen LogP contribution in [0, 0.1) is 6.92 Å². The van der Waals surface area contributed by atoms with Crippen molar-refractivity contribution in [2.75, 3.05) is 37.0 Å². The van der Waals surface area contributed by atoms with Gasteiger partial charge in [0.25, 0.3) is 0 Å². The van der Waals surface area contributed by atoms with Crippen LogP contribution in [0.1, 0.15) is 11.1 Å². The zero-order chi connectivity index (χ0) is 11.0. The van der Waals surface area contributed by atoms with E-state index < -0.39 is 0 Å². The van der Waals surface area contributed by atoms with Gasteiger partial charge in [0.2, 0.25) is 0 Å². The van der Waals surface area contributed by atoms with Crippen molar-refractivity contribution in [1.82, 2.24) is 0 Å². The number of hydrogen-bond acceptors (Lipinski definition) is 2. The van der Waals surface area contributed by atoms with Crippen molar-refractivity contribution in [3.8, 4) is 0 Å². The molecule has 0 fully saturated rings. The van der Waals surface area contributed by atoms with Crippen molar-refractivity contribution in [2.45, 2.75) is 6.92 Å². The van der Waals surface area contributed by atoms with Crippen LogP contribution >= 0.6 is 0 Å². The lowest BCUT2D eigenvalue weighted by molar-refractivity contribution is 0.794. The van der Waals surface area contributed by atoms with E-state index in [1.54, 1.807) is 0 Å². The molecule has 0 bridgehead atoms. The van der Waals surface area contributed by atoms with Gasteiger partial charge in [0, 0.05) is 27.2 Å². The lowest BCUT2D eigenvalue weighted by atomic mass is 10.0. The molecule has 0 saturated carbocycles. The van der Waals surface area contributed by atoms with E-state index in [0.29, 0.717) is 0 Å². The van der Waals surface area contributed by atoms with Crippen molar-refractivity contribution in [3.63, 3.8) is 0 Å². The molecule has 2 nitrogen and oxygen atoms in total. The standard InChI is InChI=1S/C13H18N2/c1-5-11-8-10(2)13-12(9-11)14(3)6-7-15(13)4/h5,8-9H,1,6-7H2,2-4H3. The molecule has 2 rings (SSSR count). The Morgan fingerprint density at radius 3 is 2.53 bits per heavy atom. The van der Waals surface area contributed by atoms with E-state index in [0.717, 1.165) is 13.1 Å². The summed E-state index contributed by atoms with van der Waals surface area (Å²) in [6.45, 7) is 8.18. The maximum Gasteiger partial charge on any atom is 0.0632 e. The minimum atomic E-state index is 1.09. The van der Waals surface area contributed by atoms with Gasteiger partial charge >= 0.3 is 0 Å². The molecule has 1 aliphatic rings. The Balaban J connectivity index is 2.61. The van der Waals surface area contributed by atoms with E-state index in [1.807, 2.05) is 6.08 Å². The van der Waals surface area contributed by atoms with Gasteiger partial charge in [0.15, 0.2) is 0 Å². The van der Waals surface area contributed by atoms with E-state index in [4.69, 9.17) is 0 Å². The summed E-state index contributed by atoms with van der Waals surface area (Å²) in [4.78, 5) is 4.65. The van der Waals surface area contributed by atoms with Crippen molar-refractivity contribution < 1.29 is 0 Å². The predicted molar refractivity (Wildman–Crippen MR) is 67.8 cm³/mol. The van der Waals surface area contributed by atoms with Gasteiger partial charge in [-0.3, -0.25) is 0 Å². The van der Waals surface area contributed by atoms with Crippen molar-refractivity contribution >= 4 is 17.5 Å². The molecule has 1 aromatic rings. The van der Waals surface area contributed by atoms with Crippen LogP contribution < -0.4 is 9.80 Å². The second-order valence-electron chi connectivity index (χ2n) is 4.25. The third kappa shape index (κ3) is 1.60. The first-order valence-corrected chi connectivity index (χ1v) is 5.33. The Morgan fingerprint density at radius 1 is 1.20 bits per heavy atom. The number of hydrogen-bond donors (Lipinski definition) is 0. The first-order valence-electron chi connectivity index (χ1n) is 5.33. The average molecular weight is 202 g/mol. The topological polar surface area (TPSA) is 6.48 Å². The van der Waals surface area contributed by atoms with Gasteiger partial charge in [-0.25, -0.2) is 0 Å². The molecule has 80 valence electrons. The molecule has 2 heteroatoms. The van der Waals surface area contributed by atoms with Crippen LogP contribution in [0.25, 0.3) is 6.08 Å². The maximum atomic E-state index is 3.83. The van der Waals surface area contributed by atoms with Crippen LogP contribution in [0.4, 0.5) is 11.4 Å². The second-order valence-corrected chi connectivity index (χ2v) is 4.25. The number of benzene rings is 1. The zero-order valence-electron chi connectivity index (χ0n) is 9.75. The monoisotopic (exact) mass is 202 g/mol. The Kier molecular flexibility index (Phi) is 2.43. The first-order chi connectivity index (χ1) is 7.13. The summed E-state index contributed by atoms with van der Waals surface area (Å²) in [5, 5.41) is 0. The Morgan fingerprint density at radius 2 is 1.87 bits per heavy atom. The summed E-state index contributed by atoms with van der Waals surface area (Å²) in [7, 11) is 4.31. The van der Waals surface area contributed by atoms with Gasteiger partial charge in [0.05, 0.1) is 11.4 Å². The zero-order valence-corrected chi connectivity index (χ0v) is 9.75. The minimum Gasteiger partial charge on any atom is -0.371 e. The first kappa shape index (κ1) is 10.1. The Hall–Kier alpha value is -1.44. The quantitative estimate of drug-likeness (QED) is 0.690. The number of likely N-dealkylation sites (N-methyl/N-ethyl adjacent to an activating group) is 2. The molecule has 0 aromatic heterocycles. The molecule has 1 aliphatic heterocycles. The normalized spacial score (nSPS) is 15.1. The van der Waals surface area contributed by atoms with E-state index in [9.17, 15) is 0 Å². The van der Waals surface area contributed by atoms with E-state index >= 15 is 0 Å². The highest BCUT2D eigenvalue weighted by Crippen LogP contribution is 2.35. The molecule has 0 amide bonds. The molecule has 0 spiro atoms. The van der Waals surface area contributed by atoms with Crippen LogP contribution in [-0.2, 0) is 0 Å². The summed E-state index contributed by atoms with van der Waals surface area (Å²) >= 11 is 0. The van der Waals surface area contributed by atoms with Crippen LogP contribution in [0.5, 0.6) is 0 Å². The predicted octanol–water partition coefficient (Wildman–Crippen LogP) is 2.52. The van der Waals surface area contributed by atoms with Gasteiger partial charge in [-0.05, 0) is 30.2 Å². The van der Waals surface area contributed by atoms with Gasteiger partial charge in [-0.1, -0.05) is 12.7 Å². The van der Waals surface area contributed by atoms with Gasteiger partial charge < -0.3 is 9.80 Å². The molecule has 0 radical (unpaired) electrons. The number of nitrogens with zero attached hydrogens (tertiary/aromatic N) is 2. The largest absolute Gasteiger partial charge is 0.371 e. The summed E-state index contributed by atoms with van der Waals surface area (Å²) < 4.78 is 0. The van der Waals surface area contributed by atoms with Gasteiger partial charge in [0.1, 0.15) is 0 Å². The highest BCUT2D eigenvalue weighted by molar-refractivity contribution is 5.79. The van der Waals surface area contributed by atoms with Crippen molar-refractivity contribution in [2.24, 2.45) is 0 Å². The second kappa shape index (κ2) is 3.61. The van der Waals surface area contributed by atoms with Gasteiger partial charge in [-0.15, -0.1) is 0 Å². The fourth-order valence-electron chi connectivity index (χ4n) is 2.23. The highest BCUT2D eigenvalue weighted by Gasteiger charge is 2.19. The van der Waals surface area contributed by atoms with E-state index in [-0.39, 0.29) is 0 Å². The molecule has 0 atom stereocenters. The van der Waals surface area contributed by atoms with Crippen LogP contribution in [-0.4, -0.2) is 27.2 Å². The SMILES string of the molecule is C=Cc1cc(C)c2c(c1)N(C)CCN2C. The smallest absolute Gasteiger partial charge is 0.0632 e. The van der Waals surface area contributed by atoms with Crippen molar-refractivity contribution in [3.05, 3.63) is 29.8 Å². The summed E-state index contributed by atoms with van der Waals surface area (Å²) in [5.41, 5.74) is 5.21. The van der Waals surface area contributed by atoms with Crippen LogP contribution in [0.3, 0.4) is 0 Å². The van der Waals surface area contributed by atoms with Crippen molar-refractivity contribution in [1.29, 1.82) is 0 Å². The number of fused-ring (bicyclic) bond motifs is 1. The third-order valence-corrected chi connectivity index (χ3v) is 3.10. The molecule has 1 heterocycles. The number of rotatable bonds is 1. The van der Waals surface area contributed by atoms with Crippen LogP contribution in [0.15, 0.2) is 18.7 Å². The molecule has 0 unspecified atom stereocenters. The highest BCUT2D eigenvalue weighted by atomic mass is 15.2. The molecule has 15 heavy (non-hydrogen) atoms. The summed E-state index contributed by atoms with van der Waals surface area (Å²) in [6, 6.07) is 4.41. The molecule has 0 saturated heterocycles. The molecule has 0 aliphatic carbocycles. The molecular formula is C13H18N2. The fraction of sp³-hybridized carbons (Fsp3) is 0.385. The number of anilines is 2. The fourth-order valence-corrected chi connectivity index (χ4v) is 2.23.